The van der Waals surface area contributed by atoms with Crippen LogP contribution in [0.2, 0.25) is 0 Å². The Labute approximate surface area is 177 Å². The van der Waals surface area contributed by atoms with Crippen LogP contribution in [0.5, 0.6) is 0 Å². The minimum absolute atomic E-state index is 0.222. The van der Waals surface area contributed by atoms with Crippen molar-refractivity contribution in [2.45, 2.75) is 13.1 Å². The molecular formula is C21H22F3N3O4. The molecule has 0 N–H and O–H groups in total. The number of carbonyl (C=O) groups is 2. The summed E-state index contributed by atoms with van der Waals surface area (Å²) in [4.78, 5) is 31.2. The summed E-state index contributed by atoms with van der Waals surface area (Å²) in [5.41, 5.74) is 0.652. The first-order valence-electron chi connectivity index (χ1n) is 9.74. The average molecular weight is 437 g/mol. The summed E-state index contributed by atoms with van der Waals surface area (Å²) >= 11 is 0. The van der Waals surface area contributed by atoms with Crippen LogP contribution >= 0.6 is 0 Å². The highest BCUT2D eigenvalue weighted by Gasteiger charge is 2.30. The summed E-state index contributed by atoms with van der Waals surface area (Å²) in [6.45, 7) is 3.35. The van der Waals surface area contributed by atoms with Crippen molar-refractivity contribution in [2.24, 2.45) is 0 Å². The summed E-state index contributed by atoms with van der Waals surface area (Å²) < 4.78 is 47.7. The van der Waals surface area contributed by atoms with E-state index < -0.39 is 30.4 Å². The molecule has 0 bridgehead atoms. The van der Waals surface area contributed by atoms with Gasteiger partial charge < -0.3 is 19.3 Å². The molecule has 1 aromatic carbocycles. The lowest BCUT2D eigenvalue weighted by Gasteiger charge is -2.34. The molecule has 0 radical (unpaired) electrons. The first-order chi connectivity index (χ1) is 14.8. The van der Waals surface area contributed by atoms with Gasteiger partial charge in [0.2, 0.25) is 0 Å². The van der Waals surface area contributed by atoms with E-state index in [9.17, 15) is 22.8 Å². The second-order valence-corrected chi connectivity index (χ2v) is 6.81. The van der Waals surface area contributed by atoms with Crippen LogP contribution in [0.25, 0.3) is 11.1 Å². The minimum atomic E-state index is -4.37. The summed E-state index contributed by atoms with van der Waals surface area (Å²) in [7, 11) is 0. The number of pyridine rings is 1. The Morgan fingerprint density at radius 2 is 1.61 bits per heavy atom. The van der Waals surface area contributed by atoms with Crippen LogP contribution in [0.15, 0.2) is 42.6 Å². The predicted molar refractivity (Wildman–Crippen MR) is 106 cm³/mol. The Balaban J connectivity index is 1.53. The number of rotatable bonds is 5. The van der Waals surface area contributed by atoms with E-state index >= 15 is 0 Å². The molecule has 166 valence electrons. The van der Waals surface area contributed by atoms with E-state index in [4.69, 9.17) is 9.47 Å². The molecular weight excluding hydrogens is 415 g/mol. The van der Waals surface area contributed by atoms with Crippen LogP contribution in [-0.2, 0) is 20.4 Å². The van der Waals surface area contributed by atoms with Gasteiger partial charge in [0, 0.05) is 37.9 Å². The fraction of sp³-hybridized carbons (Fsp3) is 0.381. The van der Waals surface area contributed by atoms with Crippen LogP contribution in [0.1, 0.15) is 12.5 Å². The van der Waals surface area contributed by atoms with Crippen molar-refractivity contribution in [3.05, 3.63) is 48.2 Å². The molecule has 0 unspecified atom stereocenters. The molecule has 31 heavy (non-hydrogen) atoms. The van der Waals surface area contributed by atoms with Crippen molar-refractivity contribution in [2.75, 3.05) is 44.3 Å². The number of anilines is 1. The molecule has 0 aliphatic carbocycles. The van der Waals surface area contributed by atoms with Crippen LogP contribution in [-0.4, -0.2) is 61.3 Å². The number of benzene rings is 1. The first-order valence-corrected chi connectivity index (χ1v) is 9.74. The number of alkyl halides is 3. The Bertz CT molecular complexity index is 894. The number of piperazine rings is 1. The molecule has 2 aromatic rings. The smallest absolute Gasteiger partial charge is 0.416 e. The van der Waals surface area contributed by atoms with Gasteiger partial charge in [-0.3, -0.25) is 0 Å². The number of halogens is 3. The molecule has 1 aliphatic heterocycles. The highest BCUT2D eigenvalue weighted by atomic mass is 19.4. The standard InChI is InChI=1S/C21H22F3N3O4/c1-2-30-19(28)14-31-20(29)27-11-9-26(10-12-27)18-8-5-16(13-25-18)15-3-6-17(7-4-15)21(22,23)24/h3-8,13H,2,9-12,14H2,1H3. The lowest BCUT2D eigenvalue weighted by Crippen LogP contribution is -2.49. The zero-order valence-corrected chi connectivity index (χ0v) is 16.9. The topological polar surface area (TPSA) is 72.0 Å². The molecule has 0 atom stereocenters. The van der Waals surface area contributed by atoms with E-state index in [1.165, 1.54) is 17.0 Å². The first kappa shape index (κ1) is 22.4. The van der Waals surface area contributed by atoms with Gasteiger partial charge in [0.15, 0.2) is 6.61 Å². The molecule has 7 nitrogen and oxygen atoms in total. The SMILES string of the molecule is CCOC(=O)COC(=O)N1CCN(c2ccc(-c3ccc(C(F)(F)F)cc3)cn2)CC1. The monoisotopic (exact) mass is 437 g/mol. The van der Waals surface area contributed by atoms with Gasteiger partial charge in [-0.15, -0.1) is 0 Å². The predicted octanol–water partition coefficient (Wildman–Crippen LogP) is 3.59. The molecule has 10 heteroatoms. The van der Waals surface area contributed by atoms with Gasteiger partial charge in [-0.2, -0.15) is 13.2 Å². The summed E-state index contributed by atoms with van der Waals surface area (Å²) in [5, 5.41) is 0. The van der Waals surface area contributed by atoms with Gasteiger partial charge in [0.05, 0.1) is 12.2 Å². The second-order valence-electron chi connectivity index (χ2n) is 6.81. The van der Waals surface area contributed by atoms with E-state index in [1.54, 1.807) is 25.3 Å². The number of ether oxygens (including phenoxy) is 2. The third-order valence-corrected chi connectivity index (χ3v) is 4.77. The number of carbonyl (C=O) groups excluding carboxylic acids is 2. The number of amides is 1. The number of nitrogens with zero attached hydrogens (tertiary/aromatic N) is 3. The lowest BCUT2D eigenvalue weighted by atomic mass is 10.1. The summed E-state index contributed by atoms with van der Waals surface area (Å²) in [6, 6.07) is 8.51. The molecule has 0 saturated carbocycles. The molecule has 1 fully saturated rings. The van der Waals surface area contributed by atoms with Crippen molar-refractivity contribution in [3.63, 3.8) is 0 Å². The van der Waals surface area contributed by atoms with Crippen LogP contribution in [0.4, 0.5) is 23.8 Å². The van der Waals surface area contributed by atoms with Gasteiger partial charge in [-0.05, 0) is 36.8 Å². The van der Waals surface area contributed by atoms with E-state index in [0.717, 1.165) is 12.1 Å². The molecule has 0 spiro atoms. The zero-order valence-electron chi connectivity index (χ0n) is 16.9. The van der Waals surface area contributed by atoms with Crippen molar-refractivity contribution in [1.29, 1.82) is 0 Å². The second kappa shape index (κ2) is 9.67. The van der Waals surface area contributed by atoms with Gasteiger partial charge in [-0.1, -0.05) is 12.1 Å². The maximum absolute atomic E-state index is 12.7. The van der Waals surface area contributed by atoms with Gasteiger partial charge in [0.1, 0.15) is 5.82 Å². The largest absolute Gasteiger partial charge is 0.463 e. The normalized spacial score (nSPS) is 14.3. The quantitative estimate of drug-likeness (QED) is 0.666. The fourth-order valence-corrected chi connectivity index (χ4v) is 3.13. The van der Waals surface area contributed by atoms with Gasteiger partial charge >= 0.3 is 18.2 Å². The highest BCUT2D eigenvalue weighted by molar-refractivity contribution is 5.75. The zero-order chi connectivity index (χ0) is 22.4. The van der Waals surface area contributed by atoms with E-state index in [-0.39, 0.29) is 6.61 Å². The van der Waals surface area contributed by atoms with E-state index in [0.29, 0.717) is 43.1 Å². The maximum Gasteiger partial charge on any atom is 0.416 e. The number of hydrogen-bond donors (Lipinski definition) is 0. The third-order valence-electron chi connectivity index (χ3n) is 4.77. The molecule has 1 aliphatic rings. The molecule has 1 saturated heterocycles. The molecule has 1 aromatic heterocycles. The third kappa shape index (κ3) is 5.87. The Morgan fingerprint density at radius 3 is 2.16 bits per heavy atom. The van der Waals surface area contributed by atoms with Crippen molar-refractivity contribution in [3.8, 4) is 11.1 Å². The Morgan fingerprint density at radius 1 is 0.968 bits per heavy atom. The average Bonchev–Trinajstić information content (AvgIpc) is 2.77. The fourth-order valence-electron chi connectivity index (χ4n) is 3.13. The Kier molecular flexibility index (Phi) is 6.98. The summed E-state index contributed by atoms with van der Waals surface area (Å²) in [5.74, 6) is 0.113. The minimum Gasteiger partial charge on any atom is -0.463 e. The van der Waals surface area contributed by atoms with Crippen LogP contribution < -0.4 is 4.90 Å². The van der Waals surface area contributed by atoms with Crippen molar-refractivity contribution >= 4 is 17.9 Å². The maximum atomic E-state index is 12.7. The van der Waals surface area contributed by atoms with Crippen LogP contribution in [0.3, 0.4) is 0 Å². The Hall–Kier alpha value is -3.30. The van der Waals surface area contributed by atoms with Gasteiger partial charge in [0.25, 0.3) is 0 Å². The van der Waals surface area contributed by atoms with E-state index in [2.05, 4.69) is 4.98 Å². The van der Waals surface area contributed by atoms with Crippen molar-refractivity contribution < 1.29 is 32.2 Å². The van der Waals surface area contributed by atoms with Gasteiger partial charge in [-0.25, -0.2) is 14.6 Å². The number of aromatic nitrogens is 1. The highest BCUT2D eigenvalue weighted by Crippen LogP contribution is 2.31. The molecule has 3 rings (SSSR count). The van der Waals surface area contributed by atoms with Crippen molar-refractivity contribution in [1.82, 2.24) is 9.88 Å². The number of hydrogen-bond acceptors (Lipinski definition) is 6. The summed E-state index contributed by atoms with van der Waals surface area (Å²) in [6.07, 6.45) is -3.33. The molecule has 2 heterocycles. The number of esters is 1. The lowest BCUT2D eigenvalue weighted by molar-refractivity contribution is -0.146. The van der Waals surface area contributed by atoms with E-state index in [1.807, 2.05) is 4.90 Å². The molecule has 1 amide bonds. The van der Waals surface area contributed by atoms with Crippen LogP contribution in [0, 0.1) is 0 Å².